The molecule has 1 aliphatic heterocycles. The second-order valence-corrected chi connectivity index (χ2v) is 6.02. The number of rotatable bonds is 2. The molecule has 1 heterocycles. The summed E-state index contributed by atoms with van der Waals surface area (Å²) in [6, 6.07) is 13.7. The molecule has 1 aliphatic rings. The minimum atomic E-state index is -0.196. The Labute approximate surface area is 136 Å². The highest BCUT2D eigenvalue weighted by atomic mass is 35.5. The summed E-state index contributed by atoms with van der Waals surface area (Å²) in [7, 11) is 0. The summed E-state index contributed by atoms with van der Waals surface area (Å²) in [4.78, 5) is 16.9. The lowest BCUT2D eigenvalue weighted by Crippen LogP contribution is -2.19. The van der Waals surface area contributed by atoms with Gasteiger partial charge in [-0.25, -0.2) is 4.99 Å². The van der Waals surface area contributed by atoms with E-state index in [9.17, 15) is 9.90 Å². The number of hydrogen-bond acceptors (Lipinski definition) is 4. The highest BCUT2D eigenvalue weighted by molar-refractivity contribution is 8.18. The van der Waals surface area contributed by atoms with Gasteiger partial charge in [0.2, 0.25) is 0 Å². The first-order chi connectivity index (χ1) is 10.6. The van der Waals surface area contributed by atoms with E-state index in [2.05, 4.69) is 10.3 Å². The molecule has 0 bridgehead atoms. The van der Waals surface area contributed by atoms with Crippen molar-refractivity contribution in [3.05, 3.63) is 64.0 Å². The van der Waals surface area contributed by atoms with E-state index in [1.165, 1.54) is 11.8 Å². The normalized spacial score (nSPS) is 18.0. The van der Waals surface area contributed by atoms with Gasteiger partial charge >= 0.3 is 0 Å². The molecule has 0 spiro atoms. The van der Waals surface area contributed by atoms with E-state index in [4.69, 9.17) is 11.6 Å². The molecule has 0 atom stereocenters. The van der Waals surface area contributed by atoms with Crippen LogP contribution in [0.25, 0.3) is 6.08 Å². The Bertz CT molecular complexity index is 785. The maximum atomic E-state index is 12.0. The molecule has 110 valence electrons. The van der Waals surface area contributed by atoms with Crippen LogP contribution in [0, 0.1) is 0 Å². The Morgan fingerprint density at radius 2 is 1.95 bits per heavy atom. The van der Waals surface area contributed by atoms with Crippen LogP contribution in [0.5, 0.6) is 5.75 Å². The molecule has 1 saturated heterocycles. The van der Waals surface area contributed by atoms with Crippen molar-refractivity contribution in [2.45, 2.75) is 0 Å². The predicted molar refractivity (Wildman–Crippen MR) is 90.4 cm³/mol. The van der Waals surface area contributed by atoms with Crippen LogP contribution in [0.1, 0.15) is 5.56 Å². The lowest BCUT2D eigenvalue weighted by Gasteiger charge is -1.96. The van der Waals surface area contributed by atoms with Crippen molar-refractivity contribution in [2.24, 2.45) is 4.99 Å². The average molecular weight is 331 g/mol. The third-order valence-electron chi connectivity index (χ3n) is 2.88. The summed E-state index contributed by atoms with van der Waals surface area (Å²) in [5, 5.41) is 13.1. The van der Waals surface area contributed by atoms with Crippen LogP contribution in [0.15, 0.2) is 58.4 Å². The Morgan fingerprint density at radius 3 is 2.68 bits per heavy atom. The molecule has 1 fully saturated rings. The van der Waals surface area contributed by atoms with Crippen LogP contribution in [0.4, 0.5) is 5.69 Å². The number of nitrogens with zero attached hydrogens (tertiary/aromatic N) is 1. The Balaban J connectivity index is 1.82. The highest BCUT2D eigenvalue weighted by Gasteiger charge is 2.23. The molecule has 1 amide bonds. The van der Waals surface area contributed by atoms with Crippen LogP contribution in [0.2, 0.25) is 5.02 Å². The zero-order chi connectivity index (χ0) is 15.5. The van der Waals surface area contributed by atoms with Crippen molar-refractivity contribution < 1.29 is 9.90 Å². The minimum absolute atomic E-state index is 0.189. The van der Waals surface area contributed by atoms with Gasteiger partial charge in [0, 0.05) is 5.02 Å². The molecule has 0 radical (unpaired) electrons. The summed E-state index contributed by atoms with van der Waals surface area (Å²) >= 11 is 7.18. The second-order valence-electron chi connectivity index (χ2n) is 4.55. The number of amides is 1. The predicted octanol–water partition coefficient (Wildman–Crippen LogP) is 3.94. The zero-order valence-corrected chi connectivity index (χ0v) is 12.9. The maximum Gasteiger partial charge on any atom is 0.264 e. The van der Waals surface area contributed by atoms with Gasteiger partial charge in [0.15, 0.2) is 5.17 Å². The molecule has 0 aliphatic carbocycles. The van der Waals surface area contributed by atoms with Crippen LogP contribution < -0.4 is 5.32 Å². The maximum absolute atomic E-state index is 12.0. The van der Waals surface area contributed by atoms with Gasteiger partial charge in [0.25, 0.3) is 5.91 Å². The number of hydrogen-bond donors (Lipinski definition) is 2. The molecule has 0 unspecified atom stereocenters. The first kappa shape index (κ1) is 14.7. The number of amidine groups is 1. The number of halogens is 1. The van der Waals surface area contributed by atoms with E-state index in [0.717, 1.165) is 5.56 Å². The second kappa shape index (κ2) is 6.25. The molecule has 0 saturated carbocycles. The van der Waals surface area contributed by atoms with Crippen LogP contribution in [-0.2, 0) is 4.79 Å². The van der Waals surface area contributed by atoms with Crippen molar-refractivity contribution in [1.82, 2.24) is 5.32 Å². The third kappa shape index (κ3) is 3.50. The standard InChI is InChI=1S/C16H11ClN2O2S/c17-11-2-1-3-12(9-11)18-16-19-15(21)14(22-16)8-10-4-6-13(20)7-5-10/h1-9,20H,(H,18,19,21)/b14-8-. The number of phenols is 1. The summed E-state index contributed by atoms with van der Waals surface area (Å²) in [6.07, 6.45) is 1.75. The fourth-order valence-corrected chi connectivity index (χ4v) is 2.89. The van der Waals surface area contributed by atoms with E-state index in [0.29, 0.717) is 20.8 Å². The van der Waals surface area contributed by atoms with Crippen LogP contribution >= 0.6 is 23.4 Å². The number of carbonyl (C=O) groups is 1. The SMILES string of the molecule is O=C1NC(=Nc2cccc(Cl)c2)S/C1=C\c1ccc(O)cc1. The number of aliphatic imine (C=N–C) groups is 1. The van der Waals surface area contributed by atoms with Crippen molar-refractivity contribution in [3.63, 3.8) is 0 Å². The van der Waals surface area contributed by atoms with Crippen LogP contribution in [-0.4, -0.2) is 16.2 Å². The average Bonchev–Trinajstić information content (AvgIpc) is 2.81. The Morgan fingerprint density at radius 1 is 1.18 bits per heavy atom. The smallest absolute Gasteiger partial charge is 0.264 e. The fraction of sp³-hybridized carbons (Fsp3) is 0. The van der Waals surface area contributed by atoms with Crippen molar-refractivity contribution >= 4 is 46.2 Å². The molecule has 2 aromatic rings. The van der Waals surface area contributed by atoms with Gasteiger partial charge in [-0.1, -0.05) is 29.8 Å². The molecule has 3 rings (SSSR count). The van der Waals surface area contributed by atoms with Gasteiger partial charge in [-0.3, -0.25) is 4.79 Å². The van der Waals surface area contributed by atoms with Gasteiger partial charge in [0.05, 0.1) is 10.6 Å². The molecule has 2 aromatic carbocycles. The monoisotopic (exact) mass is 330 g/mol. The minimum Gasteiger partial charge on any atom is -0.508 e. The van der Waals surface area contributed by atoms with Crippen molar-refractivity contribution in [3.8, 4) is 5.75 Å². The molecule has 6 heteroatoms. The van der Waals surface area contributed by atoms with Gasteiger partial charge in [-0.05, 0) is 53.7 Å². The first-order valence-electron chi connectivity index (χ1n) is 6.44. The first-order valence-corrected chi connectivity index (χ1v) is 7.64. The Kier molecular flexibility index (Phi) is 4.18. The molecular weight excluding hydrogens is 320 g/mol. The molecule has 22 heavy (non-hydrogen) atoms. The summed E-state index contributed by atoms with van der Waals surface area (Å²) < 4.78 is 0. The number of benzene rings is 2. The van der Waals surface area contributed by atoms with E-state index in [-0.39, 0.29) is 11.7 Å². The molecule has 2 N–H and O–H groups in total. The summed E-state index contributed by atoms with van der Waals surface area (Å²) in [6.45, 7) is 0. The van der Waals surface area contributed by atoms with E-state index >= 15 is 0 Å². The lowest BCUT2D eigenvalue weighted by molar-refractivity contribution is -0.115. The van der Waals surface area contributed by atoms with Crippen molar-refractivity contribution in [1.29, 1.82) is 0 Å². The number of nitrogens with one attached hydrogen (secondary N) is 1. The summed E-state index contributed by atoms with van der Waals surface area (Å²) in [5.41, 5.74) is 1.51. The quantitative estimate of drug-likeness (QED) is 0.820. The van der Waals surface area contributed by atoms with Gasteiger partial charge in [0.1, 0.15) is 5.75 Å². The largest absolute Gasteiger partial charge is 0.508 e. The van der Waals surface area contributed by atoms with Gasteiger partial charge in [-0.15, -0.1) is 0 Å². The summed E-state index contributed by atoms with van der Waals surface area (Å²) in [5.74, 6) is -0.00672. The third-order valence-corrected chi connectivity index (χ3v) is 4.03. The topological polar surface area (TPSA) is 61.7 Å². The number of aromatic hydroxyl groups is 1. The number of carbonyl (C=O) groups excluding carboxylic acids is 1. The van der Waals surface area contributed by atoms with Crippen LogP contribution in [0.3, 0.4) is 0 Å². The number of phenolic OH excluding ortho intramolecular Hbond substituents is 1. The van der Waals surface area contributed by atoms with Gasteiger partial charge < -0.3 is 10.4 Å². The Hall–Kier alpha value is -2.24. The van der Waals surface area contributed by atoms with Gasteiger partial charge in [-0.2, -0.15) is 0 Å². The molecule has 0 aromatic heterocycles. The molecule has 4 nitrogen and oxygen atoms in total. The lowest BCUT2D eigenvalue weighted by atomic mass is 10.2. The molecular formula is C16H11ClN2O2S. The number of thioether (sulfide) groups is 1. The van der Waals surface area contributed by atoms with E-state index in [1.807, 2.05) is 6.07 Å². The fourth-order valence-electron chi connectivity index (χ4n) is 1.87. The highest BCUT2D eigenvalue weighted by Crippen LogP contribution is 2.29. The van der Waals surface area contributed by atoms with E-state index in [1.54, 1.807) is 48.5 Å². The van der Waals surface area contributed by atoms with Crippen molar-refractivity contribution in [2.75, 3.05) is 0 Å². The zero-order valence-electron chi connectivity index (χ0n) is 11.3. The van der Waals surface area contributed by atoms with E-state index < -0.39 is 0 Å².